The van der Waals surface area contributed by atoms with Crippen LogP contribution in [-0.2, 0) is 4.74 Å². The van der Waals surface area contributed by atoms with E-state index in [-0.39, 0.29) is 11.8 Å². The Hall–Kier alpha value is -3.99. The van der Waals surface area contributed by atoms with Gasteiger partial charge in [0.2, 0.25) is 0 Å². The molecule has 2 aliphatic heterocycles. The van der Waals surface area contributed by atoms with Crippen LogP contribution in [0.25, 0.3) is 0 Å². The number of amides is 3. The molecule has 2 N–H and O–H groups in total. The van der Waals surface area contributed by atoms with Crippen molar-refractivity contribution >= 4 is 29.3 Å². The zero-order valence-corrected chi connectivity index (χ0v) is 21.4. The Morgan fingerprint density at radius 3 is 1.97 bits per heavy atom. The monoisotopic (exact) mass is 511 g/mol. The zero-order valence-electron chi connectivity index (χ0n) is 21.4. The molecule has 4 rings (SSSR count). The van der Waals surface area contributed by atoms with E-state index in [4.69, 9.17) is 14.2 Å². The van der Waals surface area contributed by atoms with Crippen LogP contribution >= 0.6 is 0 Å². The molecule has 37 heavy (non-hydrogen) atoms. The minimum Gasteiger partial charge on any atom is -0.493 e. The first kappa shape index (κ1) is 26.1. The summed E-state index contributed by atoms with van der Waals surface area (Å²) < 4.78 is 15.4. The van der Waals surface area contributed by atoms with Gasteiger partial charge in [0.1, 0.15) is 0 Å². The molecule has 0 atom stereocenters. The third-order valence-corrected chi connectivity index (χ3v) is 6.61. The van der Waals surface area contributed by atoms with Gasteiger partial charge in [-0.25, -0.2) is 4.79 Å². The van der Waals surface area contributed by atoms with Crippen molar-refractivity contribution in [3.63, 3.8) is 0 Å². The fourth-order valence-electron chi connectivity index (χ4n) is 4.56. The number of anilines is 2. The Bertz CT molecular complexity index is 1140. The molecular weight excluding hydrogens is 478 g/mol. The summed E-state index contributed by atoms with van der Waals surface area (Å²) in [6, 6.07) is 10.4. The van der Waals surface area contributed by atoms with Gasteiger partial charge in [-0.3, -0.25) is 14.9 Å². The standard InChI is InChI=1S/C26H33N5O6/c1-35-22-7-5-19(17-23(22)36-2)25(33)31-14-12-29(13-15-31)21-6-4-18(16-20(21)28-26(34)37-3)24(32)30-10-8-27-9-11-30/h4-7,16-17,27H,8-15H2,1-3H3,(H,28,34). The summed E-state index contributed by atoms with van der Waals surface area (Å²) >= 11 is 0. The molecule has 198 valence electrons. The Morgan fingerprint density at radius 2 is 1.35 bits per heavy atom. The van der Waals surface area contributed by atoms with Crippen molar-refractivity contribution in [2.45, 2.75) is 0 Å². The maximum Gasteiger partial charge on any atom is 0.411 e. The van der Waals surface area contributed by atoms with E-state index >= 15 is 0 Å². The SMILES string of the molecule is COC(=O)Nc1cc(C(=O)N2CCNCC2)ccc1N1CCN(C(=O)c2ccc(OC)c(OC)c2)CC1. The van der Waals surface area contributed by atoms with Gasteiger partial charge in [0.15, 0.2) is 11.5 Å². The van der Waals surface area contributed by atoms with Crippen LogP contribution in [0.3, 0.4) is 0 Å². The largest absolute Gasteiger partial charge is 0.493 e. The predicted octanol–water partition coefficient (Wildman–Crippen LogP) is 1.89. The average molecular weight is 512 g/mol. The maximum absolute atomic E-state index is 13.1. The van der Waals surface area contributed by atoms with E-state index in [9.17, 15) is 14.4 Å². The molecule has 2 aliphatic rings. The summed E-state index contributed by atoms with van der Waals surface area (Å²) in [6.45, 7) is 4.87. The molecule has 11 nitrogen and oxygen atoms in total. The van der Waals surface area contributed by atoms with Gasteiger partial charge in [-0.1, -0.05) is 0 Å². The van der Waals surface area contributed by atoms with Gasteiger partial charge in [0.25, 0.3) is 11.8 Å². The summed E-state index contributed by atoms with van der Waals surface area (Å²) in [7, 11) is 4.38. The minimum atomic E-state index is -0.615. The highest BCUT2D eigenvalue weighted by Gasteiger charge is 2.26. The minimum absolute atomic E-state index is 0.0775. The second-order valence-electron chi connectivity index (χ2n) is 8.74. The summed E-state index contributed by atoms with van der Waals surface area (Å²) in [4.78, 5) is 43.9. The Kier molecular flexibility index (Phi) is 8.34. The molecule has 2 fully saturated rings. The van der Waals surface area contributed by atoms with Crippen LogP contribution in [0, 0.1) is 0 Å². The molecular formula is C26H33N5O6. The summed E-state index contributed by atoms with van der Waals surface area (Å²) in [5.41, 5.74) is 2.28. The van der Waals surface area contributed by atoms with E-state index in [2.05, 4.69) is 15.5 Å². The number of hydrogen-bond donors (Lipinski definition) is 2. The number of ether oxygens (including phenoxy) is 3. The lowest BCUT2D eigenvalue weighted by Gasteiger charge is -2.37. The van der Waals surface area contributed by atoms with Crippen LogP contribution in [0.5, 0.6) is 11.5 Å². The van der Waals surface area contributed by atoms with Crippen LogP contribution in [0.1, 0.15) is 20.7 Å². The van der Waals surface area contributed by atoms with Crippen molar-refractivity contribution in [1.29, 1.82) is 0 Å². The number of benzene rings is 2. The number of rotatable bonds is 6. The highest BCUT2D eigenvalue weighted by molar-refractivity contribution is 5.99. The molecule has 0 spiro atoms. The van der Waals surface area contributed by atoms with Crippen molar-refractivity contribution in [2.24, 2.45) is 0 Å². The molecule has 2 aromatic carbocycles. The topological polar surface area (TPSA) is 113 Å². The molecule has 0 radical (unpaired) electrons. The maximum atomic E-state index is 13.1. The lowest BCUT2D eigenvalue weighted by atomic mass is 10.1. The fraction of sp³-hybridized carbons (Fsp3) is 0.423. The van der Waals surface area contributed by atoms with Gasteiger partial charge >= 0.3 is 6.09 Å². The van der Waals surface area contributed by atoms with Crippen LogP contribution in [0.15, 0.2) is 36.4 Å². The van der Waals surface area contributed by atoms with Crippen molar-refractivity contribution in [3.05, 3.63) is 47.5 Å². The highest BCUT2D eigenvalue weighted by Crippen LogP contribution is 2.31. The van der Waals surface area contributed by atoms with Crippen LogP contribution in [0.2, 0.25) is 0 Å². The number of carbonyl (C=O) groups is 3. The normalized spacial score (nSPS) is 15.7. The predicted molar refractivity (Wildman–Crippen MR) is 139 cm³/mol. The lowest BCUT2D eigenvalue weighted by Crippen LogP contribution is -2.49. The second-order valence-corrected chi connectivity index (χ2v) is 8.74. The number of piperazine rings is 2. The van der Waals surface area contributed by atoms with Crippen molar-refractivity contribution in [2.75, 3.05) is 83.9 Å². The summed E-state index contributed by atoms with van der Waals surface area (Å²) in [5.74, 6) is 0.895. The molecule has 3 amide bonds. The highest BCUT2D eigenvalue weighted by atomic mass is 16.5. The van der Waals surface area contributed by atoms with E-state index in [0.29, 0.717) is 67.6 Å². The molecule has 2 heterocycles. The van der Waals surface area contributed by atoms with Gasteiger partial charge in [-0.15, -0.1) is 0 Å². The molecule has 0 aliphatic carbocycles. The van der Waals surface area contributed by atoms with Gasteiger partial charge < -0.3 is 34.2 Å². The van der Waals surface area contributed by atoms with E-state index in [1.165, 1.54) is 14.2 Å². The van der Waals surface area contributed by atoms with Crippen molar-refractivity contribution in [3.8, 4) is 11.5 Å². The summed E-state index contributed by atoms with van der Waals surface area (Å²) in [5, 5.41) is 5.98. The lowest BCUT2D eigenvalue weighted by molar-refractivity contribution is 0.0731. The zero-order chi connectivity index (χ0) is 26.4. The number of methoxy groups -OCH3 is 3. The van der Waals surface area contributed by atoms with Crippen LogP contribution in [-0.4, -0.2) is 101 Å². The van der Waals surface area contributed by atoms with Gasteiger partial charge in [-0.05, 0) is 36.4 Å². The van der Waals surface area contributed by atoms with Gasteiger partial charge in [-0.2, -0.15) is 0 Å². The van der Waals surface area contributed by atoms with Crippen LogP contribution < -0.4 is 25.0 Å². The van der Waals surface area contributed by atoms with E-state index < -0.39 is 6.09 Å². The van der Waals surface area contributed by atoms with Crippen LogP contribution in [0.4, 0.5) is 16.2 Å². The second kappa shape index (κ2) is 11.8. The first-order chi connectivity index (χ1) is 17.9. The molecule has 0 aromatic heterocycles. The van der Waals surface area contributed by atoms with Crippen molar-refractivity contribution in [1.82, 2.24) is 15.1 Å². The van der Waals surface area contributed by atoms with E-state index in [1.807, 2.05) is 6.07 Å². The van der Waals surface area contributed by atoms with Gasteiger partial charge in [0.05, 0.1) is 32.7 Å². The third-order valence-electron chi connectivity index (χ3n) is 6.61. The smallest absolute Gasteiger partial charge is 0.411 e. The van der Waals surface area contributed by atoms with Crippen molar-refractivity contribution < 1.29 is 28.6 Å². The molecule has 0 unspecified atom stereocenters. The Morgan fingerprint density at radius 1 is 0.757 bits per heavy atom. The Balaban J connectivity index is 1.48. The quantitative estimate of drug-likeness (QED) is 0.605. The third kappa shape index (κ3) is 5.88. The molecule has 2 saturated heterocycles. The van der Waals surface area contributed by atoms with Gasteiger partial charge in [0, 0.05) is 63.5 Å². The number of nitrogens with one attached hydrogen (secondary N) is 2. The molecule has 11 heteroatoms. The Labute approximate surface area is 216 Å². The molecule has 0 saturated carbocycles. The number of hydrogen-bond acceptors (Lipinski definition) is 8. The first-order valence-electron chi connectivity index (χ1n) is 12.2. The first-order valence-corrected chi connectivity index (χ1v) is 12.2. The van der Waals surface area contributed by atoms with E-state index in [1.54, 1.807) is 47.2 Å². The fourth-order valence-corrected chi connectivity index (χ4v) is 4.56. The average Bonchev–Trinajstić information content (AvgIpc) is 2.96. The van der Waals surface area contributed by atoms with E-state index in [0.717, 1.165) is 18.8 Å². The molecule has 2 aromatic rings. The molecule has 0 bridgehead atoms. The summed E-state index contributed by atoms with van der Waals surface area (Å²) in [6.07, 6.45) is -0.615. The number of nitrogens with zero attached hydrogens (tertiary/aromatic N) is 3. The number of carbonyl (C=O) groups excluding carboxylic acids is 3.